The van der Waals surface area contributed by atoms with E-state index in [2.05, 4.69) is 10.4 Å². The molecular weight excluding hydrogens is 325 g/mol. The van der Waals surface area contributed by atoms with E-state index in [1.165, 1.54) is 4.68 Å². The molecule has 2 aromatic rings. The summed E-state index contributed by atoms with van der Waals surface area (Å²) < 4.78 is 39.9. The normalized spacial score (nSPS) is 14.3. The fourth-order valence-electron chi connectivity index (χ4n) is 2.84. The molecule has 0 unspecified atom stereocenters. The zero-order valence-electron chi connectivity index (χ0n) is 12.8. The van der Waals surface area contributed by atoms with Gasteiger partial charge < -0.3 is 10.3 Å². The first kappa shape index (κ1) is 16.3. The van der Waals surface area contributed by atoms with E-state index < -0.39 is 23.2 Å². The number of carbonyl (C=O) groups excluding carboxylic acids is 1. The second kappa shape index (κ2) is 5.81. The van der Waals surface area contributed by atoms with Crippen LogP contribution < -0.4 is 10.9 Å². The van der Waals surface area contributed by atoms with Crippen LogP contribution in [0, 0.1) is 0 Å². The molecule has 2 aromatic heterocycles. The van der Waals surface area contributed by atoms with Crippen molar-refractivity contribution in [3.8, 4) is 0 Å². The first-order chi connectivity index (χ1) is 11.3. The van der Waals surface area contributed by atoms with E-state index in [1.54, 1.807) is 7.05 Å². The average molecular weight is 340 g/mol. The van der Waals surface area contributed by atoms with E-state index >= 15 is 0 Å². The number of pyridine rings is 1. The third-order valence-electron chi connectivity index (χ3n) is 4.02. The van der Waals surface area contributed by atoms with Crippen molar-refractivity contribution in [2.24, 2.45) is 7.05 Å². The summed E-state index contributed by atoms with van der Waals surface area (Å²) in [4.78, 5) is 25.5. The van der Waals surface area contributed by atoms with E-state index in [-0.39, 0.29) is 5.56 Å². The van der Waals surface area contributed by atoms with E-state index in [9.17, 15) is 22.8 Å². The van der Waals surface area contributed by atoms with Crippen LogP contribution in [-0.2, 0) is 26.1 Å². The summed E-state index contributed by atoms with van der Waals surface area (Å²) in [5.74, 6) is -0.248. The van der Waals surface area contributed by atoms with Crippen LogP contribution in [0.25, 0.3) is 0 Å². The minimum Gasteiger partial charge on any atom is -0.328 e. The van der Waals surface area contributed by atoms with E-state index in [1.807, 2.05) is 4.98 Å². The average Bonchev–Trinajstić information content (AvgIpc) is 2.82. The van der Waals surface area contributed by atoms with Crippen molar-refractivity contribution in [2.45, 2.75) is 31.9 Å². The van der Waals surface area contributed by atoms with Crippen molar-refractivity contribution in [3.63, 3.8) is 0 Å². The molecule has 2 heterocycles. The molecule has 2 N–H and O–H groups in total. The van der Waals surface area contributed by atoms with Crippen LogP contribution >= 0.6 is 0 Å². The largest absolute Gasteiger partial charge is 0.421 e. The zero-order chi connectivity index (χ0) is 17.5. The van der Waals surface area contributed by atoms with Crippen LogP contribution in [0.3, 0.4) is 0 Å². The first-order valence-electron chi connectivity index (χ1n) is 7.43. The SMILES string of the molecule is Cn1nc2c(c1NC(=O)c1c[nH]c(=O)c(C(F)(F)F)c1)CCCC2. The van der Waals surface area contributed by atoms with Gasteiger partial charge in [0.1, 0.15) is 11.4 Å². The van der Waals surface area contributed by atoms with Crippen LogP contribution in [0.4, 0.5) is 19.0 Å². The quantitative estimate of drug-likeness (QED) is 0.880. The minimum absolute atomic E-state index is 0.271. The molecule has 0 atom stereocenters. The van der Waals surface area contributed by atoms with Gasteiger partial charge in [-0.1, -0.05) is 0 Å². The number of anilines is 1. The number of H-pyrrole nitrogens is 1. The molecular formula is C15H15F3N4O2. The lowest BCUT2D eigenvalue weighted by Gasteiger charge is -2.12. The number of nitrogens with one attached hydrogen (secondary N) is 2. The molecule has 0 radical (unpaired) electrons. The molecule has 0 saturated carbocycles. The predicted molar refractivity (Wildman–Crippen MR) is 79.9 cm³/mol. The third kappa shape index (κ3) is 2.93. The van der Waals surface area contributed by atoms with Gasteiger partial charge in [-0.05, 0) is 31.7 Å². The highest BCUT2D eigenvalue weighted by atomic mass is 19.4. The highest BCUT2D eigenvalue weighted by molar-refractivity contribution is 6.04. The van der Waals surface area contributed by atoms with Crippen molar-refractivity contribution in [1.82, 2.24) is 14.8 Å². The standard InChI is InChI=1S/C15H15F3N4O2/c1-22-12(9-4-2-3-5-11(9)21-22)20-13(23)8-6-10(15(16,17)18)14(24)19-7-8/h6-7H,2-5H2,1H3,(H,19,24)(H,20,23). The molecule has 1 amide bonds. The number of hydrogen-bond acceptors (Lipinski definition) is 3. The second-order valence-corrected chi connectivity index (χ2v) is 5.69. The number of hydrogen-bond donors (Lipinski definition) is 2. The molecule has 24 heavy (non-hydrogen) atoms. The van der Waals surface area contributed by atoms with Gasteiger partial charge in [-0.2, -0.15) is 18.3 Å². The molecule has 0 aliphatic heterocycles. The molecule has 0 aromatic carbocycles. The van der Waals surface area contributed by atoms with Gasteiger partial charge in [0, 0.05) is 18.8 Å². The summed E-state index contributed by atoms with van der Waals surface area (Å²) in [6, 6.07) is 0.553. The van der Waals surface area contributed by atoms with Crippen molar-refractivity contribution in [3.05, 3.63) is 45.0 Å². The second-order valence-electron chi connectivity index (χ2n) is 5.69. The number of aryl methyl sites for hydroxylation is 2. The van der Waals surface area contributed by atoms with Gasteiger partial charge in [-0.15, -0.1) is 0 Å². The Hall–Kier alpha value is -2.58. The smallest absolute Gasteiger partial charge is 0.328 e. The summed E-state index contributed by atoms with van der Waals surface area (Å²) in [6.07, 6.45) is -0.288. The number of alkyl halides is 3. The van der Waals surface area contributed by atoms with Crippen LogP contribution in [0.15, 0.2) is 17.1 Å². The summed E-state index contributed by atoms with van der Waals surface area (Å²) in [6.45, 7) is 0. The number of halogens is 3. The molecule has 6 nitrogen and oxygen atoms in total. The van der Waals surface area contributed by atoms with Gasteiger partial charge in [-0.25, -0.2) is 0 Å². The van der Waals surface area contributed by atoms with Crippen molar-refractivity contribution in [2.75, 3.05) is 5.32 Å². The highest BCUT2D eigenvalue weighted by Gasteiger charge is 2.34. The van der Waals surface area contributed by atoms with Gasteiger partial charge in [0.25, 0.3) is 11.5 Å². The van der Waals surface area contributed by atoms with Gasteiger partial charge in [0.05, 0.1) is 11.3 Å². The Morgan fingerprint density at radius 3 is 2.75 bits per heavy atom. The molecule has 1 aliphatic rings. The topological polar surface area (TPSA) is 79.8 Å². The first-order valence-corrected chi connectivity index (χ1v) is 7.43. The Labute approximate surface area is 134 Å². The Balaban J connectivity index is 1.92. The number of amides is 1. The van der Waals surface area contributed by atoms with Crippen LogP contribution in [0.2, 0.25) is 0 Å². The van der Waals surface area contributed by atoms with Crippen molar-refractivity contribution >= 4 is 11.7 Å². The van der Waals surface area contributed by atoms with Crippen LogP contribution in [-0.4, -0.2) is 20.7 Å². The van der Waals surface area contributed by atoms with Gasteiger partial charge in [0.15, 0.2) is 0 Å². The lowest BCUT2D eigenvalue weighted by atomic mass is 9.97. The molecule has 0 bridgehead atoms. The summed E-state index contributed by atoms with van der Waals surface area (Å²) in [5.41, 5.74) is -1.14. The maximum Gasteiger partial charge on any atom is 0.421 e. The predicted octanol–water partition coefficient (Wildman–Crippen LogP) is 2.26. The molecule has 3 rings (SSSR count). The molecule has 9 heteroatoms. The fourth-order valence-corrected chi connectivity index (χ4v) is 2.84. The van der Waals surface area contributed by atoms with Gasteiger partial charge in [-0.3, -0.25) is 14.3 Å². The highest BCUT2D eigenvalue weighted by Crippen LogP contribution is 2.29. The van der Waals surface area contributed by atoms with E-state index in [0.29, 0.717) is 11.9 Å². The summed E-state index contributed by atoms with van der Waals surface area (Å²) in [7, 11) is 1.67. The maximum atomic E-state index is 12.8. The van der Waals surface area contributed by atoms with Crippen molar-refractivity contribution < 1.29 is 18.0 Å². The van der Waals surface area contributed by atoms with Gasteiger partial charge >= 0.3 is 6.18 Å². The number of aromatic nitrogens is 3. The Bertz CT molecular complexity index is 851. The number of carbonyl (C=O) groups is 1. The van der Waals surface area contributed by atoms with E-state index in [0.717, 1.165) is 43.1 Å². The number of rotatable bonds is 2. The third-order valence-corrected chi connectivity index (χ3v) is 4.02. The molecule has 1 aliphatic carbocycles. The fraction of sp³-hybridized carbons (Fsp3) is 0.400. The summed E-state index contributed by atoms with van der Waals surface area (Å²) >= 11 is 0. The Morgan fingerprint density at radius 1 is 1.33 bits per heavy atom. The Morgan fingerprint density at radius 2 is 2.04 bits per heavy atom. The van der Waals surface area contributed by atoms with Crippen LogP contribution in [0.5, 0.6) is 0 Å². The van der Waals surface area contributed by atoms with Gasteiger partial charge in [0.2, 0.25) is 0 Å². The zero-order valence-corrected chi connectivity index (χ0v) is 12.8. The van der Waals surface area contributed by atoms with E-state index in [4.69, 9.17) is 0 Å². The van der Waals surface area contributed by atoms with Crippen LogP contribution in [0.1, 0.15) is 40.0 Å². The number of aromatic amines is 1. The minimum atomic E-state index is -4.82. The lowest BCUT2D eigenvalue weighted by Crippen LogP contribution is -2.24. The maximum absolute atomic E-state index is 12.8. The van der Waals surface area contributed by atoms with Crippen molar-refractivity contribution in [1.29, 1.82) is 0 Å². The number of fused-ring (bicyclic) bond motifs is 1. The molecule has 0 saturated heterocycles. The monoisotopic (exact) mass is 340 g/mol. The molecule has 128 valence electrons. The molecule has 0 fully saturated rings. The Kier molecular flexibility index (Phi) is 3.94. The lowest BCUT2D eigenvalue weighted by molar-refractivity contribution is -0.138. The molecule has 0 spiro atoms. The summed E-state index contributed by atoms with van der Waals surface area (Å²) in [5, 5.41) is 6.94. The number of nitrogens with zero attached hydrogens (tertiary/aromatic N) is 2.